The van der Waals surface area contributed by atoms with E-state index in [9.17, 15) is 0 Å². The Hall–Kier alpha value is -1.03. The third-order valence-corrected chi connectivity index (χ3v) is 4.63. The van der Waals surface area contributed by atoms with Crippen molar-refractivity contribution >= 4 is 35.6 Å². The zero-order valence-electron chi connectivity index (χ0n) is 15.3. The lowest BCUT2D eigenvalue weighted by molar-refractivity contribution is 0.129. The predicted octanol–water partition coefficient (Wildman–Crippen LogP) is 1.60. The minimum Gasteiger partial charge on any atom is -0.379 e. The molecule has 2 N–H and O–H groups in total. The number of aryl methyl sites for hydroxylation is 1. The van der Waals surface area contributed by atoms with Crippen LogP contribution in [-0.2, 0) is 11.8 Å². The van der Waals surface area contributed by atoms with Gasteiger partial charge < -0.3 is 20.3 Å². The minimum absolute atomic E-state index is 0. The molecule has 1 atom stereocenters. The first kappa shape index (κ1) is 20.3. The van der Waals surface area contributed by atoms with Crippen LogP contribution in [-0.4, -0.2) is 61.7 Å². The first-order chi connectivity index (χ1) is 11.7. The molecule has 3 rings (SSSR count). The molecule has 1 aliphatic carbocycles. The highest BCUT2D eigenvalue weighted by Crippen LogP contribution is 2.28. The summed E-state index contributed by atoms with van der Waals surface area (Å²) in [5.74, 6) is 1.69. The van der Waals surface area contributed by atoms with Crippen molar-refractivity contribution in [2.45, 2.75) is 31.7 Å². The third kappa shape index (κ3) is 6.65. The number of anilines is 1. The molecule has 2 fully saturated rings. The molecular weight excluding hydrogens is 431 g/mol. The molecule has 0 amide bonds. The standard InChI is InChI=1S/C17H30N6O.HI/c1-18-17(19-7-9-24-13-14-5-6-14)21-15-4-3-8-23(11-15)16-10-20-22(2)12-16;/h10,12,14-15H,3-9,11,13H2,1-2H3,(H2,18,19,21);1H. The summed E-state index contributed by atoms with van der Waals surface area (Å²) < 4.78 is 7.51. The van der Waals surface area contributed by atoms with Crippen molar-refractivity contribution in [2.75, 3.05) is 44.8 Å². The van der Waals surface area contributed by atoms with Gasteiger partial charge in [-0.25, -0.2) is 0 Å². The molecule has 1 aromatic heterocycles. The van der Waals surface area contributed by atoms with Gasteiger partial charge in [-0.05, 0) is 31.6 Å². The quantitative estimate of drug-likeness (QED) is 0.279. The number of hydrogen-bond acceptors (Lipinski definition) is 4. The van der Waals surface area contributed by atoms with Crippen LogP contribution in [0.25, 0.3) is 0 Å². The number of aliphatic imine (C=N–C) groups is 1. The van der Waals surface area contributed by atoms with Crippen LogP contribution in [0.5, 0.6) is 0 Å². The molecular formula is C17H31IN6O. The van der Waals surface area contributed by atoms with Crippen molar-refractivity contribution in [3.05, 3.63) is 12.4 Å². The fraction of sp³-hybridized carbons (Fsp3) is 0.765. The van der Waals surface area contributed by atoms with Gasteiger partial charge in [-0.15, -0.1) is 24.0 Å². The molecule has 7 nitrogen and oxygen atoms in total. The van der Waals surface area contributed by atoms with Crippen LogP contribution in [0.1, 0.15) is 25.7 Å². The molecule has 1 unspecified atom stereocenters. The van der Waals surface area contributed by atoms with Crippen LogP contribution in [0.2, 0.25) is 0 Å². The van der Waals surface area contributed by atoms with Gasteiger partial charge in [0.2, 0.25) is 0 Å². The van der Waals surface area contributed by atoms with Gasteiger partial charge in [0, 0.05) is 52.6 Å². The van der Waals surface area contributed by atoms with Crippen molar-refractivity contribution in [1.82, 2.24) is 20.4 Å². The molecule has 0 aromatic carbocycles. The number of nitrogens with zero attached hydrogens (tertiary/aromatic N) is 4. The average Bonchev–Trinajstić information content (AvgIpc) is 3.32. The number of ether oxygens (including phenoxy) is 1. The normalized spacial score (nSPS) is 21.0. The van der Waals surface area contributed by atoms with Crippen LogP contribution >= 0.6 is 24.0 Å². The molecule has 2 aliphatic rings. The minimum atomic E-state index is 0. The van der Waals surface area contributed by atoms with Crippen molar-refractivity contribution in [3.8, 4) is 0 Å². The third-order valence-electron chi connectivity index (χ3n) is 4.63. The predicted molar refractivity (Wildman–Crippen MR) is 112 cm³/mol. The lowest BCUT2D eigenvalue weighted by atomic mass is 10.1. The van der Waals surface area contributed by atoms with Gasteiger partial charge in [0.05, 0.1) is 18.5 Å². The zero-order valence-corrected chi connectivity index (χ0v) is 17.6. The molecule has 1 saturated carbocycles. The number of nitrogens with one attached hydrogen (secondary N) is 2. The van der Waals surface area contributed by atoms with Gasteiger partial charge in [-0.2, -0.15) is 5.10 Å². The fourth-order valence-electron chi connectivity index (χ4n) is 3.07. The van der Waals surface area contributed by atoms with E-state index in [1.165, 1.54) is 24.9 Å². The molecule has 0 spiro atoms. The molecule has 0 bridgehead atoms. The highest BCUT2D eigenvalue weighted by Gasteiger charge is 2.22. The fourth-order valence-corrected chi connectivity index (χ4v) is 3.07. The number of aromatic nitrogens is 2. The summed E-state index contributed by atoms with van der Waals surface area (Å²) in [6.45, 7) is 4.51. The second-order valence-electron chi connectivity index (χ2n) is 6.82. The smallest absolute Gasteiger partial charge is 0.191 e. The van der Waals surface area contributed by atoms with Crippen molar-refractivity contribution < 1.29 is 4.74 Å². The summed E-state index contributed by atoms with van der Waals surface area (Å²) in [7, 11) is 3.78. The molecule has 1 aromatic rings. The summed E-state index contributed by atoms with van der Waals surface area (Å²) in [6, 6.07) is 0.400. The second kappa shape index (κ2) is 10.2. The van der Waals surface area contributed by atoms with E-state index in [1.54, 1.807) is 0 Å². The lowest BCUT2D eigenvalue weighted by Gasteiger charge is -2.34. The van der Waals surface area contributed by atoms with Crippen molar-refractivity contribution in [3.63, 3.8) is 0 Å². The van der Waals surface area contributed by atoms with Gasteiger partial charge in [0.15, 0.2) is 5.96 Å². The van der Waals surface area contributed by atoms with Crippen LogP contribution in [0.4, 0.5) is 5.69 Å². The topological polar surface area (TPSA) is 66.7 Å². The van der Waals surface area contributed by atoms with E-state index in [-0.39, 0.29) is 24.0 Å². The Labute approximate surface area is 167 Å². The average molecular weight is 462 g/mol. The van der Waals surface area contributed by atoms with Crippen LogP contribution < -0.4 is 15.5 Å². The number of piperidine rings is 1. The van der Waals surface area contributed by atoms with E-state index in [2.05, 4.69) is 31.8 Å². The monoisotopic (exact) mass is 462 g/mol. The Kier molecular flexibility index (Phi) is 8.28. The first-order valence-electron chi connectivity index (χ1n) is 9.03. The summed E-state index contributed by atoms with van der Waals surface area (Å²) in [5, 5.41) is 11.2. The SMILES string of the molecule is CN=C(NCCOCC1CC1)NC1CCCN(c2cnn(C)c2)C1.I. The van der Waals surface area contributed by atoms with E-state index < -0.39 is 0 Å². The van der Waals surface area contributed by atoms with Gasteiger partial charge in [0.25, 0.3) is 0 Å². The Bertz CT molecular complexity index is 545. The highest BCUT2D eigenvalue weighted by molar-refractivity contribution is 14.0. The molecule has 2 heterocycles. The Balaban J connectivity index is 0.00000225. The summed E-state index contributed by atoms with van der Waals surface area (Å²) in [6.07, 6.45) is 9.03. The molecule has 8 heteroatoms. The zero-order chi connectivity index (χ0) is 16.8. The van der Waals surface area contributed by atoms with Gasteiger partial charge in [-0.1, -0.05) is 0 Å². The maximum atomic E-state index is 5.66. The van der Waals surface area contributed by atoms with E-state index in [4.69, 9.17) is 4.74 Å². The first-order valence-corrected chi connectivity index (χ1v) is 9.03. The van der Waals surface area contributed by atoms with E-state index >= 15 is 0 Å². The highest BCUT2D eigenvalue weighted by atomic mass is 127. The molecule has 142 valence electrons. The summed E-state index contributed by atoms with van der Waals surface area (Å²) in [5.41, 5.74) is 1.19. The van der Waals surface area contributed by atoms with E-state index in [1.807, 2.05) is 25.0 Å². The van der Waals surface area contributed by atoms with Gasteiger partial charge in [0.1, 0.15) is 0 Å². The maximum Gasteiger partial charge on any atom is 0.191 e. The van der Waals surface area contributed by atoms with Crippen LogP contribution in [0, 0.1) is 5.92 Å². The van der Waals surface area contributed by atoms with Crippen LogP contribution in [0.3, 0.4) is 0 Å². The summed E-state index contributed by atoms with van der Waals surface area (Å²) in [4.78, 5) is 6.72. The molecule has 25 heavy (non-hydrogen) atoms. The number of guanidine groups is 1. The number of halogens is 1. The molecule has 1 aliphatic heterocycles. The Morgan fingerprint density at radius 2 is 2.24 bits per heavy atom. The van der Waals surface area contributed by atoms with Crippen LogP contribution in [0.15, 0.2) is 17.4 Å². The van der Waals surface area contributed by atoms with Crippen molar-refractivity contribution in [2.24, 2.45) is 18.0 Å². The Morgan fingerprint density at radius 1 is 1.40 bits per heavy atom. The molecule has 0 radical (unpaired) electrons. The maximum absolute atomic E-state index is 5.66. The molecule has 1 saturated heterocycles. The van der Waals surface area contributed by atoms with Gasteiger partial charge in [-0.3, -0.25) is 9.67 Å². The number of rotatable bonds is 7. The summed E-state index contributed by atoms with van der Waals surface area (Å²) >= 11 is 0. The number of hydrogen-bond donors (Lipinski definition) is 2. The van der Waals surface area contributed by atoms with E-state index in [0.29, 0.717) is 6.04 Å². The second-order valence-corrected chi connectivity index (χ2v) is 6.82. The largest absolute Gasteiger partial charge is 0.379 e. The van der Waals surface area contributed by atoms with Crippen molar-refractivity contribution in [1.29, 1.82) is 0 Å². The van der Waals surface area contributed by atoms with E-state index in [0.717, 1.165) is 51.1 Å². The van der Waals surface area contributed by atoms with Gasteiger partial charge >= 0.3 is 0 Å². The Morgan fingerprint density at radius 3 is 2.92 bits per heavy atom. The lowest BCUT2D eigenvalue weighted by Crippen LogP contribution is -2.51.